The lowest BCUT2D eigenvalue weighted by molar-refractivity contribution is -0.124. The van der Waals surface area contributed by atoms with Crippen molar-refractivity contribution in [1.82, 2.24) is 10.2 Å². The van der Waals surface area contributed by atoms with E-state index in [1.165, 1.54) is 5.56 Å². The summed E-state index contributed by atoms with van der Waals surface area (Å²) >= 11 is 0. The van der Waals surface area contributed by atoms with Gasteiger partial charge >= 0.3 is 0 Å². The molecule has 0 spiro atoms. The van der Waals surface area contributed by atoms with E-state index in [2.05, 4.69) is 43.4 Å². The Morgan fingerprint density at radius 1 is 1.04 bits per heavy atom. The first-order chi connectivity index (χ1) is 13.1. The second-order valence-corrected chi connectivity index (χ2v) is 7.34. The number of hydrogen-bond donors (Lipinski definition) is 1. The van der Waals surface area contributed by atoms with Crippen LogP contribution in [0.15, 0.2) is 54.6 Å². The number of amides is 2. The molecule has 1 heterocycles. The Labute approximate surface area is 161 Å². The SMILES string of the molecule is CCCCNC(=O)[C@H]1CN(C(=O)c2ccccc2)C[C@@H]1c1ccc(C)cc1. The Hall–Kier alpha value is -2.62. The van der Waals surface area contributed by atoms with Crippen LogP contribution in [-0.2, 0) is 4.79 Å². The molecule has 1 aliphatic rings. The fourth-order valence-electron chi connectivity index (χ4n) is 3.67. The highest BCUT2D eigenvalue weighted by molar-refractivity contribution is 5.95. The fourth-order valence-corrected chi connectivity index (χ4v) is 3.67. The predicted octanol–water partition coefficient (Wildman–Crippen LogP) is 3.77. The highest BCUT2D eigenvalue weighted by atomic mass is 16.2. The molecule has 0 aliphatic carbocycles. The molecule has 2 amide bonds. The maximum absolute atomic E-state index is 12.9. The summed E-state index contributed by atoms with van der Waals surface area (Å²) in [6.45, 7) is 5.89. The van der Waals surface area contributed by atoms with Crippen LogP contribution in [-0.4, -0.2) is 36.3 Å². The minimum absolute atomic E-state index is 0.00318. The highest BCUT2D eigenvalue weighted by Crippen LogP contribution is 2.34. The Kier molecular flexibility index (Phi) is 6.28. The van der Waals surface area contributed by atoms with Crippen LogP contribution in [0.5, 0.6) is 0 Å². The molecule has 2 aromatic rings. The van der Waals surface area contributed by atoms with Crippen molar-refractivity contribution in [2.75, 3.05) is 19.6 Å². The normalized spacial score (nSPS) is 19.1. The zero-order valence-corrected chi connectivity index (χ0v) is 16.2. The molecule has 0 saturated carbocycles. The van der Waals surface area contributed by atoms with E-state index in [0.29, 0.717) is 25.2 Å². The number of benzene rings is 2. The second-order valence-electron chi connectivity index (χ2n) is 7.34. The van der Waals surface area contributed by atoms with Crippen molar-refractivity contribution in [1.29, 1.82) is 0 Å². The summed E-state index contributed by atoms with van der Waals surface area (Å²) in [7, 11) is 0. The molecule has 0 radical (unpaired) electrons. The quantitative estimate of drug-likeness (QED) is 0.793. The van der Waals surface area contributed by atoms with Gasteiger partial charge in [0.2, 0.25) is 5.91 Å². The van der Waals surface area contributed by atoms with Crippen molar-refractivity contribution in [2.24, 2.45) is 5.92 Å². The van der Waals surface area contributed by atoms with E-state index < -0.39 is 0 Å². The number of nitrogens with one attached hydrogen (secondary N) is 1. The van der Waals surface area contributed by atoms with Crippen LogP contribution in [0.25, 0.3) is 0 Å². The second kappa shape index (κ2) is 8.85. The molecular weight excluding hydrogens is 336 g/mol. The van der Waals surface area contributed by atoms with Gasteiger partial charge in [-0.15, -0.1) is 0 Å². The van der Waals surface area contributed by atoms with Gasteiger partial charge in [0.05, 0.1) is 5.92 Å². The minimum Gasteiger partial charge on any atom is -0.356 e. The summed E-state index contributed by atoms with van der Waals surface area (Å²) in [6, 6.07) is 17.6. The summed E-state index contributed by atoms with van der Waals surface area (Å²) in [6.07, 6.45) is 2.02. The average molecular weight is 364 g/mol. The molecule has 2 aromatic carbocycles. The number of carbonyl (C=O) groups excluding carboxylic acids is 2. The molecule has 142 valence electrons. The van der Waals surface area contributed by atoms with Gasteiger partial charge in [-0.05, 0) is 31.0 Å². The fraction of sp³-hybridized carbons (Fsp3) is 0.391. The first kappa shape index (κ1) is 19.2. The monoisotopic (exact) mass is 364 g/mol. The van der Waals surface area contributed by atoms with Crippen molar-refractivity contribution in [3.8, 4) is 0 Å². The van der Waals surface area contributed by atoms with E-state index in [9.17, 15) is 9.59 Å². The number of hydrogen-bond acceptors (Lipinski definition) is 2. The number of carbonyl (C=O) groups is 2. The predicted molar refractivity (Wildman–Crippen MR) is 108 cm³/mol. The Morgan fingerprint density at radius 3 is 2.41 bits per heavy atom. The molecule has 1 fully saturated rings. The standard InChI is InChI=1S/C23H28N2O2/c1-3-4-14-24-22(26)21-16-25(23(27)19-8-6-5-7-9-19)15-20(21)18-12-10-17(2)11-13-18/h5-13,20-21H,3-4,14-16H2,1-2H3,(H,24,26)/t20-,21+/m1/s1. The van der Waals surface area contributed by atoms with Crippen LogP contribution in [0.4, 0.5) is 0 Å². The summed E-state index contributed by atoms with van der Waals surface area (Å²) < 4.78 is 0. The molecule has 0 bridgehead atoms. The summed E-state index contributed by atoms with van der Waals surface area (Å²) in [5.74, 6) is -0.133. The molecular formula is C23H28N2O2. The largest absolute Gasteiger partial charge is 0.356 e. The number of aryl methyl sites for hydroxylation is 1. The lowest BCUT2D eigenvalue weighted by Crippen LogP contribution is -2.36. The lowest BCUT2D eigenvalue weighted by atomic mass is 9.88. The van der Waals surface area contributed by atoms with Gasteiger partial charge in [0.1, 0.15) is 0 Å². The van der Waals surface area contributed by atoms with E-state index in [1.807, 2.05) is 35.2 Å². The van der Waals surface area contributed by atoms with Crippen molar-refractivity contribution in [2.45, 2.75) is 32.6 Å². The maximum Gasteiger partial charge on any atom is 0.253 e. The Balaban J connectivity index is 1.80. The van der Waals surface area contributed by atoms with E-state index in [0.717, 1.165) is 18.4 Å². The minimum atomic E-state index is -0.211. The molecule has 0 aromatic heterocycles. The molecule has 3 rings (SSSR count). The molecule has 4 heteroatoms. The average Bonchev–Trinajstić information content (AvgIpc) is 3.14. The summed E-state index contributed by atoms with van der Waals surface area (Å²) in [5.41, 5.74) is 2.99. The first-order valence-electron chi connectivity index (χ1n) is 9.78. The topological polar surface area (TPSA) is 49.4 Å². The van der Waals surface area contributed by atoms with Gasteiger partial charge in [-0.2, -0.15) is 0 Å². The van der Waals surface area contributed by atoms with Crippen LogP contribution in [0.1, 0.15) is 47.2 Å². The molecule has 1 aliphatic heterocycles. The summed E-state index contributed by atoms with van der Waals surface area (Å²) in [5, 5.41) is 3.06. The first-order valence-corrected chi connectivity index (χ1v) is 9.78. The molecule has 27 heavy (non-hydrogen) atoms. The van der Waals surface area contributed by atoms with Crippen LogP contribution in [0, 0.1) is 12.8 Å². The molecule has 1 saturated heterocycles. The van der Waals surface area contributed by atoms with Crippen LogP contribution >= 0.6 is 0 Å². The van der Waals surface area contributed by atoms with E-state index >= 15 is 0 Å². The van der Waals surface area contributed by atoms with Crippen LogP contribution < -0.4 is 5.32 Å². The third-order valence-corrected chi connectivity index (χ3v) is 5.30. The smallest absolute Gasteiger partial charge is 0.253 e. The highest BCUT2D eigenvalue weighted by Gasteiger charge is 2.40. The van der Waals surface area contributed by atoms with Crippen LogP contribution in [0.3, 0.4) is 0 Å². The van der Waals surface area contributed by atoms with Gasteiger partial charge in [-0.1, -0.05) is 61.4 Å². The molecule has 4 nitrogen and oxygen atoms in total. The van der Waals surface area contributed by atoms with E-state index in [1.54, 1.807) is 0 Å². The van der Waals surface area contributed by atoms with Gasteiger partial charge in [0, 0.05) is 31.1 Å². The van der Waals surface area contributed by atoms with Crippen molar-refractivity contribution in [3.63, 3.8) is 0 Å². The van der Waals surface area contributed by atoms with Gasteiger partial charge in [-0.25, -0.2) is 0 Å². The van der Waals surface area contributed by atoms with Crippen molar-refractivity contribution >= 4 is 11.8 Å². The third kappa shape index (κ3) is 4.57. The van der Waals surface area contributed by atoms with Gasteiger partial charge < -0.3 is 10.2 Å². The Bertz CT molecular complexity index is 771. The maximum atomic E-state index is 12.9. The Morgan fingerprint density at radius 2 is 1.74 bits per heavy atom. The molecule has 2 atom stereocenters. The molecule has 1 N–H and O–H groups in total. The van der Waals surface area contributed by atoms with E-state index in [4.69, 9.17) is 0 Å². The van der Waals surface area contributed by atoms with Gasteiger partial charge in [0.15, 0.2) is 0 Å². The zero-order chi connectivity index (χ0) is 19.2. The third-order valence-electron chi connectivity index (χ3n) is 5.30. The zero-order valence-electron chi connectivity index (χ0n) is 16.2. The number of rotatable bonds is 6. The van der Waals surface area contributed by atoms with Gasteiger partial charge in [0.25, 0.3) is 5.91 Å². The number of likely N-dealkylation sites (tertiary alicyclic amines) is 1. The summed E-state index contributed by atoms with van der Waals surface area (Å²) in [4.78, 5) is 27.6. The van der Waals surface area contributed by atoms with Crippen molar-refractivity contribution in [3.05, 3.63) is 71.3 Å². The molecule has 0 unspecified atom stereocenters. The number of nitrogens with zero attached hydrogens (tertiary/aromatic N) is 1. The van der Waals surface area contributed by atoms with Gasteiger partial charge in [-0.3, -0.25) is 9.59 Å². The number of unbranched alkanes of at least 4 members (excludes halogenated alkanes) is 1. The van der Waals surface area contributed by atoms with E-state index in [-0.39, 0.29) is 23.7 Å². The van der Waals surface area contributed by atoms with Crippen LogP contribution in [0.2, 0.25) is 0 Å². The lowest BCUT2D eigenvalue weighted by Gasteiger charge is -2.18. The van der Waals surface area contributed by atoms with Crippen molar-refractivity contribution < 1.29 is 9.59 Å².